The van der Waals surface area contributed by atoms with Gasteiger partial charge in [-0.25, -0.2) is 4.39 Å². The highest BCUT2D eigenvalue weighted by atomic mass is 127. The van der Waals surface area contributed by atoms with Crippen LogP contribution in [0.25, 0.3) is 0 Å². The Labute approximate surface area is 176 Å². The van der Waals surface area contributed by atoms with Gasteiger partial charge >= 0.3 is 0 Å². The highest BCUT2D eigenvalue weighted by molar-refractivity contribution is 14.0. The van der Waals surface area contributed by atoms with Crippen molar-refractivity contribution >= 4 is 41.7 Å². The Morgan fingerprint density at radius 2 is 1.92 bits per heavy atom. The van der Waals surface area contributed by atoms with Crippen LogP contribution in [-0.2, 0) is 6.54 Å². The summed E-state index contributed by atoms with van der Waals surface area (Å²) in [5.41, 5.74) is 0.827. The quantitative estimate of drug-likeness (QED) is 0.264. The van der Waals surface area contributed by atoms with Gasteiger partial charge in [-0.2, -0.15) is 0 Å². The number of nitrogens with one attached hydrogen (secondary N) is 2. The largest absolute Gasteiger partial charge is 0.494 e. The van der Waals surface area contributed by atoms with Crippen molar-refractivity contribution < 1.29 is 9.13 Å². The van der Waals surface area contributed by atoms with Crippen molar-refractivity contribution in [2.75, 3.05) is 20.7 Å². The van der Waals surface area contributed by atoms with Crippen LogP contribution in [0.3, 0.4) is 0 Å². The fourth-order valence-corrected chi connectivity index (χ4v) is 3.19. The van der Waals surface area contributed by atoms with Crippen molar-refractivity contribution in [2.24, 2.45) is 4.99 Å². The molecule has 7 heteroatoms. The topological polar surface area (TPSA) is 45.7 Å². The summed E-state index contributed by atoms with van der Waals surface area (Å²) in [7, 11) is 3.18. The normalized spacial score (nSPS) is 12.1. The minimum Gasteiger partial charge on any atom is -0.494 e. The Morgan fingerprint density at radius 1 is 1.19 bits per heavy atom. The molecule has 0 heterocycles. The van der Waals surface area contributed by atoms with Crippen LogP contribution in [0.15, 0.2) is 58.4 Å². The third-order valence-corrected chi connectivity index (χ3v) is 4.65. The van der Waals surface area contributed by atoms with Gasteiger partial charge < -0.3 is 15.4 Å². The van der Waals surface area contributed by atoms with Crippen LogP contribution in [0.2, 0.25) is 0 Å². The SMILES string of the molecule is CN=C(NCc1ccc(OC)c(F)c1)NCC(C)Sc1ccccc1.I. The molecule has 2 rings (SSSR count). The van der Waals surface area contributed by atoms with Gasteiger partial charge in [0.15, 0.2) is 17.5 Å². The first-order valence-electron chi connectivity index (χ1n) is 8.11. The molecule has 0 spiro atoms. The molecule has 2 aromatic carbocycles. The van der Waals surface area contributed by atoms with Crippen LogP contribution in [0.4, 0.5) is 4.39 Å². The maximum Gasteiger partial charge on any atom is 0.191 e. The van der Waals surface area contributed by atoms with Crippen LogP contribution < -0.4 is 15.4 Å². The molecule has 0 saturated heterocycles. The van der Waals surface area contributed by atoms with Crippen LogP contribution in [0.1, 0.15) is 12.5 Å². The van der Waals surface area contributed by atoms with E-state index in [4.69, 9.17) is 4.74 Å². The Kier molecular flexibility index (Phi) is 10.4. The number of rotatable bonds is 7. The highest BCUT2D eigenvalue weighted by Gasteiger charge is 2.07. The summed E-state index contributed by atoms with van der Waals surface area (Å²) in [6, 6.07) is 15.2. The molecule has 4 nitrogen and oxygen atoms in total. The number of halogens is 2. The number of nitrogens with zero attached hydrogens (tertiary/aromatic N) is 1. The van der Waals surface area contributed by atoms with Gasteiger partial charge in [0.1, 0.15) is 0 Å². The van der Waals surface area contributed by atoms with Crippen molar-refractivity contribution in [1.82, 2.24) is 10.6 Å². The van der Waals surface area contributed by atoms with Crippen LogP contribution in [0, 0.1) is 5.82 Å². The van der Waals surface area contributed by atoms with Gasteiger partial charge in [0.05, 0.1) is 7.11 Å². The molecule has 26 heavy (non-hydrogen) atoms. The molecule has 0 amide bonds. The average Bonchev–Trinajstić information content (AvgIpc) is 2.63. The molecule has 0 fully saturated rings. The van der Waals surface area contributed by atoms with E-state index in [0.29, 0.717) is 17.8 Å². The first-order chi connectivity index (χ1) is 12.1. The number of ether oxygens (including phenoxy) is 1. The molecule has 0 aliphatic heterocycles. The van der Waals surface area contributed by atoms with Crippen LogP contribution in [0.5, 0.6) is 5.75 Å². The number of guanidine groups is 1. The van der Waals surface area contributed by atoms with Gasteiger partial charge in [-0.3, -0.25) is 4.99 Å². The van der Waals surface area contributed by atoms with Gasteiger partial charge in [-0.15, -0.1) is 35.7 Å². The van der Waals surface area contributed by atoms with E-state index in [1.807, 2.05) is 36.0 Å². The summed E-state index contributed by atoms with van der Waals surface area (Å²) < 4.78 is 18.6. The van der Waals surface area contributed by atoms with E-state index < -0.39 is 0 Å². The third kappa shape index (κ3) is 7.41. The van der Waals surface area contributed by atoms with Gasteiger partial charge in [0, 0.05) is 30.3 Å². The summed E-state index contributed by atoms with van der Waals surface area (Å²) in [6.07, 6.45) is 0. The summed E-state index contributed by atoms with van der Waals surface area (Å²) in [5, 5.41) is 6.88. The number of hydrogen-bond acceptors (Lipinski definition) is 3. The monoisotopic (exact) mass is 489 g/mol. The Bertz CT molecular complexity index is 700. The van der Waals surface area contributed by atoms with Crippen LogP contribution >= 0.6 is 35.7 Å². The molecule has 1 atom stereocenters. The zero-order valence-electron chi connectivity index (χ0n) is 15.2. The zero-order valence-corrected chi connectivity index (χ0v) is 18.3. The van der Waals surface area contributed by atoms with Crippen molar-refractivity contribution in [3.63, 3.8) is 0 Å². The standard InChI is InChI=1S/C19H24FN3OS.HI/c1-14(25-16-7-5-4-6-8-16)12-22-19(21-2)23-13-15-9-10-18(24-3)17(20)11-15;/h4-11,14H,12-13H2,1-3H3,(H2,21,22,23);1H. The number of benzene rings is 2. The average molecular weight is 489 g/mol. The van der Waals surface area contributed by atoms with Gasteiger partial charge in [0.2, 0.25) is 0 Å². The lowest BCUT2D eigenvalue weighted by atomic mass is 10.2. The maximum absolute atomic E-state index is 13.7. The van der Waals surface area contributed by atoms with Gasteiger partial charge in [-0.05, 0) is 29.8 Å². The molecular formula is C19H25FIN3OS. The molecule has 0 saturated carbocycles. The molecule has 2 N–H and O–H groups in total. The molecule has 142 valence electrons. The van der Waals surface area contributed by atoms with Crippen molar-refractivity contribution in [3.8, 4) is 5.75 Å². The lowest BCUT2D eigenvalue weighted by molar-refractivity contribution is 0.386. The first-order valence-corrected chi connectivity index (χ1v) is 8.99. The number of aliphatic imine (C=N–C) groups is 1. The van der Waals surface area contributed by atoms with Gasteiger partial charge in [0.25, 0.3) is 0 Å². The minimum atomic E-state index is -0.363. The van der Waals surface area contributed by atoms with E-state index >= 15 is 0 Å². The number of thioether (sulfide) groups is 1. The minimum absolute atomic E-state index is 0. The van der Waals surface area contributed by atoms with Gasteiger partial charge in [-0.1, -0.05) is 31.2 Å². The van der Waals surface area contributed by atoms with E-state index in [2.05, 4.69) is 34.7 Å². The Balaban J connectivity index is 0.00000338. The second-order valence-electron chi connectivity index (χ2n) is 5.52. The van der Waals surface area contributed by atoms with E-state index in [1.54, 1.807) is 13.1 Å². The Hall–Kier alpha value is -1.48. The zero-order chi connectivity index (χ0) is 18.1. The third-order valence-electron chi connectivity index (χ3n) is 3.54. The molecular weight excluding hydrogens is 464 g/mol. The predicted octanol–water partition coefficient (Wildman–Crippen LogP) is 4.30. The molecule has 0 radical (unpaired) electrons. The molecule has 0 bridgehead atoms. The summed E-state index contributed by atoms with van der Waals surface area (Å²) >= 11 is 1.81. The van der Waals surface area contributed by atoms with Crippen molar-refractivity contribution in [3.05, 3.63) is 59.9 Å². The second-order valence-corrected chi connectivity index (χ2v) is 7.03. The molecule has 1 unspecified atom stereocenters. The first kappa shape index (κ1) is 22.6. The smallest absolute Gasteiger partial charge is 0.191 e. The summed E-state index contributed by atoms with van der Waals surface area (Å²) in [4.78, 5) is 5.45. The molecule has 2 aromatic rings. The fraction of sp³-hybridized carbons (Fsp3) is 0.316. The maximum atomic E-state index is 13.7. The van der Waals surface area contributed by atoms with E-state index in [0.717, 1.165) is 12.1 Å². The van der Waals surface area contributed by atoms with Crippen molar-refractivity contribution in [2.45, 2.75) is 23.6 Å². The lowest BCUT2D eigenvalue weighted by Gasteiger charge is -2.16. The van der Waals surface area contributed by atoms with Crippen molar-refractivity contribution in [1.29, 1.82) is 0 Å². The van der Waals surface area contributed by atoms with E-state index in [-0.39, 0.29) is 35.5 Å². The fourth-order valence-electron chi connectivity index (χ4n) is 2.24. The van der Waals surface area contributed by atoms with E-state index in [1.165, 1.54) is 18.1 Å². The summed E-state index contributed by atoms with van der Waals surface area (Å²) in [5.74, 6) is 0.576. The Morgan fingerprint density at radius 3 is 2.54 bits per heavy atom. The summed E-state index contributed by atoms with van der Waals surface area (Å²) in [6.45, 7) is 3.42. The lowest BCUT2D eigenvalue weighted by Crippen LogP contribution is -2.39. The van der Waals surface area contributed by atoms with E-state index in [9.17, 15) is 4.39 Å². The number of hydrogen-bond donors (Lipinski definition) is 2. The molecule has 0 aliphatic rings. The molecule has 0 aliphatic carbocycles. The second kappa shape index (κ2) is 12.0. The number of methoxy groups -OCH3 is 1. The van der Waals surface area contributed by atoms with Crippen LogP contribution in [-0.4, -0.2) is 31.9 Å². The predicted molar refractivity (Wildman–Crippen MR) is 118 cm³/mol. The highest BCUT2D eigenvalue weighted by Crippen LogP contribution is 2.22. The molecule has 0 aromatic heterocycles.